The first-order chi connectivity index (χ1) is 17.6. The summed E-state index contributed by atoms with van der Waals surface area (Å²) >= 11 is 0. The van der Waals surface area contributed by atoms with Gasteiger partial charge in [-0.1, -0.05) is 0 Å². The second-order valence-corrected chi connectivity index (χ2v) is 10.2. The standard InChI is InChI=1S/C27H29F2N3O5/c1-16-5-6-32-21(14-18-15-31(7-8-34-18)26(33)37-27(2,3)4)24(30-22(32)11-16)23-19(28)12-17(13-20(23)29)25-35-9-10-36-25/h5-6,9-13,18,25H,7-8,14-15H2,1-4H3/t18-/m0/s1. The third-order valence-corrected chi connectivity index (χ3v) is 6.13. The zero-order valence-corrected chi connectivity index (χ0v) is 21.2. The average molecular weight is 514 g/mol. The normalized spacial score (nSPS) is 18.2. The summed E-state index contributed by atoms with van der Waals surface area (Å²) < 4.78 is 54.6. The lowest BCUT2D eigenvalue weighted by atomic mass is 10.0. The second-order valence-electron chi connectivity index (χ2n) is 10.2. The van der Waals surface area contributed by atoms with Crippen LogP contribution in [-0.4, -0.2) is 51.8 Å². The van der Waals surface area contributed by atoms with Crippen molar-refractivity contribution in [3.05, 3.63) is 71.4 Å². The van der Waals surface area contributed by atoms with Crippen molar-refractivity contribution in [2.24, 2.45) is 0 Å². The van der Waals surface area contributed by atoms with E-state index in [4.69, 9.17) is 18.9 Å². The maximum atomic E-state index is 15.4. The molecule has 196 valence electrons. The summed E-state index contributed by atoms with van der Waals surface area (Å²) in [6.45, 7) is 8.35. The molecule has 2 aromatic heterocycles. The van der Waals surface area contributed by atoms with Crippen LogP contribution in [-0.2, 0) is 25.4 Å². The number of aromatic nitrogens is 2. The molecule has 2 aliphatic rings. The van der Waals surface area contributed by atoms with Crippen molar-refractivity contribution in [2.45, 2.75) is 52.1 Å². The van der Waals surface area contributed by atoms with E-state index in [1.165, 1.54) is 24.7 Å². The van der Waals surface area contributed by atoms with Crippen molar-refractivity contribution < 1.29 is 32.5 Å². The zero-order valence-electron chi connectivity index (χ0n) is 21.2. The molecule has 10 heteroatoms. The number of carbonyl (C=O) groups excluding carboxylic acids is 1. The van der Waals surface area contributed by atoms with E-state index in [-0.39, 0.29) is 29.8 Å². The molecule has 1 atom stereocenters. The summed E-state index contributed by atoms with van der Waals surface area (Å²) in [4.78, 5) is 18.8. The number of pyridine rings is 1. The molecule has 0 unspecified atom stereocenters. The molecular formula is C27H29F2N3O5. The van der Waals surface area contributed by atoms with Gasteiger partial charge in [-0.05, 0) is 57.5 Å². The molecule has 1 saturated heterocycles. The third-order valence-electron chi connectivity index (χ3n) is 6.13. The topological polar surface area (TPSA) is 74.5 Å². The molecular weight excluding hydrogens is 484 g/mol. The van der Waals surface area contributed by atoms with E-state index < -0.39 is 35.7 Å². The number of aryl methyl sites for hydroxylation is 1. The van der Waals surface area contributed by atoms with Crippen LogP contribution in [0.15, 0.2) is 43.0 Å². The van der Waals surface area contributed by atoms with Crippen molar-refractivity contribution in [1.82, 2.24) is 14.3 Å². The molecule has 8 nitrogen and oxygen atoms in total. The molecule has 0 saturated carbocycles. The van der Waals surface area contributed by atoms with Crippen LogP contribution in [0.3, 0.4) is 0 Å². The van der Waals surface area contributed by atoms with Crippen LogP contribution in [0, 0.1) is 18.6 Å². The van der Waals surface area contributed by atoms with Gasteiger partial charge in [0.1, 0.15) is 35.4 Å². The first-order valence-corrected chi connectivity index (χ1v) is 12.1. The quantitative estimate of drug-likeness (QED) is 0.473. The lowest BCUT2D eigenvalue weighted by molar-refractivity contribution is -0.0418. The molecule has 4 heterocycles. The SMILES string of the molecule is Cc1ccn2c(C[C@H]3CN(C(=O)OC(C)(C)C)CCO3)c(-c3c(F)cc(C4OC=CO4)cc3F)nc2c1. The van der Waals surface area contributed by atoms with Crippen molar-refractivity contribution in [3.63, 3.8) is 0 Å². The fourth-order valence-corrected chi connectivity index (χ4v) is 4.49. The molecule has 1 fully saturated rings. The smallest absolute Gasteiger partial charge is 0.410 e. The minimum atomic E-state index is -0.907. The second kappa shape index (κ2) is 9.66. The zero-order chi connectivity index (χ0) is 26.3. The Morgan fingerprint density at radius 1 is 1.16 bits per heavy atom. The minimum Gasteiger partial charge on any atom is -0.455 e. The van der Waals surface area contributed by atoms with Gasteiger partial charge in [-0.25, -0.2) is 18.6 Å². The van der Waals surface area contributed by atoms with Crippen molar-refractivity contribution >= 4 is 11.7 Å². The van der Waals surface area contributed by atoms with Crippen molar-refractivity contribution in [3.8, 4) is 11.3 Å². The lowest BCUT2D eigenvalue weighted by Crippen LogP contribution is -2.48. The average Bonchev–Trinajstić information content (AvgIpc) is 3.47. The van der Waals surface area contributed by atoms with E-state index in [2.05, 4.69) is 4.98 Å². The highest BCUT2D eigenvalue weighted by molar-refractivity contribution is 5.69. The van der Waals surface area contributed by atoms with Gasteiger partial charge >= 0.3 is 6.09 Å². The Morgan fingerprint density at radius 3 is 2.54 bits per heavy atom. The van der Waals surface area contributed by atoms with Gasteiger partial charge < -0.3 is 28.2 Å². The Balaban J connectivity index is 1.49. The molecule has 1 amide bonds. The molecule has 0 N–H and O–H groups in total. The van der Waals surface area contributed by atoms with Gasteiger partial charge in [0.25, 0.3) is 6.29 Å². The monoisotopic (exact) mass is 513 g/mol. The number of hydrogen-bond acceptors (Lipinski definition) is 6. The molecule has 0 bridgehead atoms. The summed E-state index contributed by atoms with van der Waals surface area (Å²) in [5, 5.41) is 0. The molecule has 1 aromatic carbocycles. The number of fused-ring (bicyclic) bond motifs is 1. The number of carbonyl (C=O) groups is 1. The van der Waals surface area contributed by atoms with Crippen LogP contribution in [0.2, 0.25) is 0 Å². The predicted octanol–water partition coefficient (Wildman–Crippen LogP) is 5.28. The van der Waals surface area contributed by atoms with Gasteiger partial charge in [0.2, 0.25) is 0 Å². The third kappa shape index (κ3) is 5.24. The number of ether oxygens (including phenoxy) is 4. The minimum absolute atomic E-state index is 0.177. The Labute approximate surface area is 213 Å². The number of imidazole rings is 1. The number of rotatable bonds is 4. The van der Waals surface area contributed by atoms with E-state index in [9.17, 15) is 4.79 Å². The number of benzene rings is 1. The fourth-order valence-electron chi connectivity index (χ4n) is 4.49. The first kappa shape index (κ1) is 25.0. The predicted molar refractivity (Wildman–Crippen MR) is 131 cm³/mol. The highest BCUT2D eigenvalue weighted by Crippen LogP contribution is 2.34. The highest BCUT2D eigenvalue weighted by atomic mass is 19.1. The van der Waals surface area contributed by atoms with Crippen LogP contribution in [0.1, 0.15) is 43.9 Å². The van der Waals surface area contributed by atoms with E-state index in [1.54, 1.807) is 9.30 Å². The Bertz CT molecular complexity index is 1330. The number of hydrogen-bond donors (Lipinski definition) is 0. The van der Waals surface area contributed by atoms with E-state index >= 15 is 8.78 Å². The number of halogens is 2. The first-order valence-electron chi connectivity index (χ1n) is 12.1. The molecule has 2 aliphatic heterocycles. The van der Waals surface area contributed by atoms with Gasteiger partial charge in [-0.2, -0.15) is 0 Å². The molecule has 0 aliphatic carbocycles. The van der Waals surface area contributed by atoms with Crippen LogP contribution >= 0.6 is 0 Å². The number of nitrogens with zero attached hydrogens (tertiary/aromatic N) is 3. The van der Waals surface area contributed by atoms with Crippen LogP contribution < -0.4 is 0 Å². The van der Waals surface area contributed by atoms with Crippen molar-refractivity contribution in [2.75, 3.05) is 19.7 Å². The Morgan fingerprint density at radius 2 is 1.86 bits per heavy atom. The number of morpholine rings is 1. The van der Waals surface area contributed by atoms with E-state index in [1.807, 2.05) is 46.0 Å². The van der Waals surface area contributed by atoms with Crippen LogP contribution in [0.5, 0.6) is 0 Å². The van der Waals surface area contributed by atoms with Gasteiger partial charge in [-0.3, -0.25) is 0 Å². The highest BCUT2D eigenvalue weighted by Gasteiger charge is 2.31. The van der Waals surface area contributed by atoms with Crippen LogP contribution in [0.25, 0.3) is 16.9 Å². The Kier molecular flexibility index (Phi) is 6.53. The molecule has 37 heavy (non-hydrogen) atoms. The summed E-state index contributed by atoms with van der Waals surface area (Å²) in [5.41, 5.74) is 1.62. The van der Waals surface area contributed by atoms with Crippen LogP contribution in [0.4, 0.5) is 13.6 Å². The Hall–Kier alpha value is -3.66. The van der Waals surface area contributed by atoms with Gasteiger partial charge in [0, 0.05) is 24.7 Å². The van der Waals surface area contributed by atoms with Gasteiger partial charge in [0.05, 0.1) is 36.2 Å². The summed E-state index contributed by atoms with van der Waals surface area (Å²) in [6, 6.07) is 6.12. The number of amides is 1. The van der Waals surface area contributed by atoms with E-state index in [0.717, 1.165) is 5.56 Å². The lowest BCUT2D eigenvalue weighted by Gasteiger charge is -2.34. The van der Waals surface area contributed by atoms with Crippen molar-refractivity contribution in [1.29, 1.82) is 0 Å². The largest absolute Gasteiger partial charge is 0.455 e. The molecule has 5 rings (SSSR count). The summed E-state index contributed by atoms with van der Waals surface area (Å²) in [7, 11) is 0. The fraction of sp³-hybridized carbons (Fsp3) is 0.407. The maximum absolute atomic E-state index is 15.4. The van der Waals surface area contributed by atoms with Gasteiger partial charge in [0.15, 0.2) is 0 Å². The molecule has 0 spiro atoms. The van der Waals surface area contributed by atoms with E-state index in [0.29, 0.717) is 24.5 Å². The van der Waals surface area contributed by atoms with Gasteiger partial charge in [-0.15, -0.1) is 0 Å². The molecule has 3 aromatic rings. The molecule has 0 radical (unpaired) electrons. The summed E-state index contributed by atoms with van der Waals surface area (Å²) in [5.74, 6) is -1.56. The summed E-state index contributed by atoms with van der Waals surface area (Å²) in [6.07, 6.45) is 2.99. The maximum Gasteiger partial charge on any atom is 0.410 e.